The molecule has 3 aromatic rings. The van der Waals surface area contributed by atoms with Gasteiger partial charge in [0, 0.05) is 49.9 Å². The molecule has 1 aliphatic rings. The predicted molar refractivity (Wildman–Crippen MR) is 121 cm³/mol. The molecule has 1 atom stereocenters. The van der Waals surface area contributed by atoms with Crippen molar-refractivity contribution in [1.29, 1.82) is 0 Å². The standard InChI is InChI=1S/C20H23N7O4S/c21-14(4-5-17(29)30)18(31)23-13-3-1-2-12(10-13)19-25-27-16(26-8-6-22-7-9-26)11-15(28)24-20(27)32-19/h1-3,10-11,14,22H,4-9,21H2,(H,23,31)(H,29,30)/t14-/m0/s1. The molecule has 5 N–H and O–H groups in total. The molecule has 1 amide bonds. The van der Waals surface area contributed by atoms with Crippen LogP contribution in [0.1, 0.15) is 12.8 Å². The van der Waals surface area contributed by atoms with Gasteiger partial charge in [-0.2, -0.15) is 14.6 Å². The van der Waals surface area contributed by atoms with Gasteiger partial charge in [0.2, 0.25) is 10.9 Å². The van der Waals surface area contributed by atoms with E-state index in [-0.39, 0.29) is 18.4 Å². The largest absolute Gasteiger partial charge is 0.481 e. The molecular formula is C20H23N7O4S. The molecule has 4 rings (SSSR count). The highest BCUT2D eigenvalue weighted by atomic mass is 32.1. The normalized spacial score (nSPS) is 15.0. The quantitative estimate of drug-likeness (QED) is 0.393. The van der Waals surface area contributed by atoms with Gasteiger partial charge in [-0.05, 0) is 18.6 Å². The van der Waals surface area contributed by atoms with Crippen LogP contribution in [-0.4, -0.2) is 63.8 Å². The van der Waals surface area contributed by atoms with E-state index in [1.807, 2.05) is 6.07 Å². The molecule has 1 aliphatic heterocycles. The van der Waals surface area contributed by atoms with E-state index < -0.39 is 17.9 Å². The fourth-order valence-corrected chi connectivity index (χ4v) is 4.31. The van der Waals surface area contributed by atoms with Crippen molar-refractivity contribution in [2.75, 3.05) is 36.4 Å². The second kappa shape index (κ2) is 9.42. The monoisotopic (exact) mass is 457 g/mol. The minimum Gasteiger partial charge on any atom is -0.481 e. The molecular weight excluding hydrogens is 434 g/mol. The number of rotatable bonds is 7. The van der Waals surface area contributed by atoms with Crippen LogP contribution in [0.4, 0.5) is 11.5 Å². The Morgan fingerprint density at radius 1 is 1.28 bits per heavy atom. The van der Waals surface area contributed by atoms with Gasteiger partial charge < -0.3 is 26.4 Å². The van der Waals surface area contributed by atoms with Crippen LogP contribution in [0.3, 0.4) is 0 Å². The van der Waals surface area contributed by atoms with Crippen LogP contribution >= 0.6 is 11.3 Å². The third-order valence-electron chi connectivity index (χ3n) is 5.06. The molecule has 0 spiro atoms. The Morgan fingerprint density at radius 2 is 2.06 bits per heavy atom. The third-order valence-corrected chi connectivity index (χ3v) is 6.02. The number of aromatic nitrogens is 3. The number of piperazine rings is 1. The van der Waals surface area contributed by atoms with Crippen molar-refractivity contribution in [2.24, 2.45) is 5.73 Å². The Kier molecular flexibility index (Phi) is 6.44. The van der Waals surface area contributed by atoms with Gasteiger partial charge >= 0.3 is 5.97 Å². The number of hydrogen-bond acceptors (Lipinski definition) is 9. The first-order valence-electron chi connectivity index (χ1n) is 10.2. The first-order chi connectivity index (χ1) is 15.4. The van der Waals surface area contributed by atoms with Crippen LogP contribution in [-0.2, 0) is 9.59 Å². The van der Waals surface area contributed by atoms with Crippen LogP contribution in [0, 0.1) is 0 Å². The number of aliphatic carboxylic acids is 1. The Bertz CT molecular complexity index is 1200. The molecule has 1 fully saturated rings. The lowest BCUT2D eigenvalue weighted by Gasteiger charge is -2.28. The van der Waals surface area contributed by atoms with Crippen LogP contribution in [0.25, 0.3) is 15.5 Å². The minimum atomic E-state index is -1.00. The summed E-state index contributed by atoms with van der Waals surface area (Å²) >= 11 is 1.28. The first-order valence-corrected chi connectivity index (χ1v) is 11.0. The van der Waals surface area contributed by atoms with Crippen LogP contribution in [0.2, 0.25) is 0 Å². The van der Waals surface area contributed by atoms with Gasteiger partial charge in [0.05, 0.1) is 6.04 Å². The molecule has 3 heterocycles. The van der Waals surface area contributed by atoms with E-state index in [1.165, 1.54) is 17.4 Å². The summed E-state index contributed by atoms with van der Waals surface area (Å²) in [6, 6.07) is 7.66. The number of carboxylic acid groups (broad SMARTS) is 1. The number of benzene rings is 1. The van der Waals surface area contributed by atoms with Gasteiger partial charge in [-0.25, -0.2) is 0 Å². The molecule has 12 heteroatoms. The summed E-state index contributed by atoms with van der Waals surface area (Å²) in [6.07, 6.45) is -0.130. The summed E-state index contributed by atoms with van der Waals surface area (Å²) in [6.45, 7) is 3.18. The Labute approximate surface area is 186 Å². The summed E-state index contributed by atoms with van der Waals surface area (Å²) in [5.74, 6) is -0.753. The zero-order valence-electron chi connectivity index (χ0n) is 17.2. The second-order valence-corrected chi connectivity index (χ2v) is 8.36. The summed E-state index contributed by atoms with van der Waals surface area (Å²) in [7, 11) is 0. The molecule has 1 aromatic carbocycles. The zero-order valence-corrected chi connectivity index (χ0v) is 18.0. The topological polar surface area (TPSA) is 155 Å². The van der Waals surface area contributed by atoms with Gasteiger partial charge in [0.25, 0.3) is 5.56 Å². The molecule has 1 saturated heterocycles. The van der Waals surface area contributed by atoms with E-state index in [9.17, 15) is 14.4 Å². The molecule has 0 bridgehead atoms. The summed E-state index contributed by atoms with van der Waals surface area (Å²) in [5, 5.41) is 20.1. The molecule has 0 saturated carbocycles. The number of nitrogens with two attached hydrogens (primary N) is 1. The SMILES string of the molecule is N[C@@H](CCC(=O)O)C(=O)Nc1cccc(-c2nn3c(N4CCNCC4)cc(=O)nc3s2)c1. The molecule has 2 aromatic heterocycles. The van der Waals surface area contributed by atoms with E-state index in [4.69, 9.17) is 10.8 Å². The predicted octanol–water partition coefficient (Wildman–Crippen LogP) is 0.358. The van der Waals surface area contributed by atoms with Crippen molar-refractivity contribution in [3.05, 3.63) is 40.7 Å². The van der Waals surface area contributed by atoms with Crippen molar-refractivity contribution in [3.63, 3.8) is 0 Å². The molecule has 0 unspecified atom stereocenters. The second-order valence-electron chi connectivity index (χ2n) is 7.40. The third kappa shape index (κ3) is 4.93. The molecule has 0 aliphatic carbocycles. The van der Waals surface area contributed by atoms with Crippen molar-refractivity contribution in [3.8, 4) is 10.6 Å². The average molecular weight is 458 g/mol. The van der Waals surface area contributed by atoms with Gasteiger partial charge in [-0.1, -0.05) is 23.5 Å². The Morgan fingerprint density at radius 3 is 2.81 bits per heavy atom. The number of carbonyl (C=O) groups excluding carboxylic acids is 1. The van der Waals surface area contributed by atoms with Crippen molar-refractivity contribution in [1.82, 2.24) is 19.9 Å². The lowest BCUT2D eigenvalue weighted by atomic mass is 10.1. The van der Waals surface area contributed by atoms with E-state index >= 15 is 0 Å². The van der Waals surface area contributed by atoms with Crippen LogP contribution in [0.5, 0.6) is 0 Å². The average Bonchev–Trinajstić information content (AvgIpc) is 3.21. The smallest absolute Gasteiger partial charge is 0.303 e. The molecule has 0 radical (unpaired) electrons. The van der Waals surface area contributed by atoms with Gasteiger partial charge in [0.15, 0.2) is 0 Å². The highest BCUT2D eigenvalue weighted by molar-refractivity contribution is 7.19. The van der Waals surface area contributed by atoms with E-state index in [0.717, 1.165) is 31.7 Å². The molecule has 11 nitrogen and oxygen atoms in total. The lowest BCUT2D eigenvalue weighted by molar-refractivity contribution is -0.137. The zero-order chi connectivity index (χ0) is 22.7. The van der Waals surface area contributed by atoms with Gasteiger partial charge in [-0.15, -0.1) is 0 Å². The molecule has 32 heavy (non-hydrogen) atoms. The van der Waals surface area contributed by atoms with E-state index in [0.29, 0.717) is 21.5 Å². The maximum atomic E-state index is 12.3. The van der Waals surface area contributed by atoms with Crippen LogP contribution < -0.4 is 26.8 Å². The Hall–Kier alpha value is -3.35. The highest BCUT2D eigenvalue weighted by Gasteiger charge is 2.19. The Balaban J connectivity index is 1.59. The fourth-order valence-electron chi connectivity index (χ4n) is 3.41. The number of carbonyl (C=O) groups is 2. The number of hydrogen-bond donors (Lipinski definition) is 4. The number of nitrogens with one attached hydrogen (secondary N) is 2. The minimum absolute atomic E-state index is 0.0490. The summed E-state index contributed by atoms with van der Waals surface area (Å²) in [4.78, 5) is 41.8. The van der Waals surface area contributed by atoms with Crippen molar-refractivity contribution < 1.29 is 14.7 Å². The molecule has 168 valence electrons. The maximum absolute atomic E-state index is 12.3. The van der Waals surface area contributed by atoms with E-state index in [1.54, 1.807) is 22.7 Å². The van der Waals surface area contributed by atoms with E-state index in [2.05, 4.69) is 25.6 Å². The van der Waals surface area contributed by atoms with Crippen LogP contribution in [0.15, 0.2) is 35.1 Å². The summed E-state index contributed by atoms with van der Waals surface area (Å²) in [5.41, 5.74) is 6.73. The number of nitrogens with zero attached hydrogens (tertiary/aromatic N) is 4. The van der Waals surface area contributed by atoms with Gasteiger partial charge in [-0.3, -0.25) is 14.4 Å². The highest BCUT2D eigenvalue weighted by Crippen LogP contribution is 2.28. The number of fused-ring (bicyclic) bond motifs is 1. The summed E-state index contributed by atoms with van der Waals surface area (Å²) < 4.78 is 1.68. The fraction of sp³-hybridized carbons (Fsp3) is 0.350. The number of amides is 1. The maximum Gasteiger partial charge on any atom is 0.303 e. The number of anilines is 2. The first kappa shape index (κ1) is 21.9. The van der Waals surface area contributed by atoms with Crippen molar-refractivity contribution in [2.45, 2.75) is 18.9 Å². The number of carboxylic acids is 1. The van der Waals surface area contributed by atoms with Crippen molar-refractivity contribution >= 4 is 39.7 Å². The lowest BCUT2D eigenvalue weighted by Crippen LogP contribution is -2.44. The van der Waals surface area contributed by atoms with Gasteiger partial charge in [0.1, 0.15) is 10.8 Å².